The lowest BCUT2D eigenvalue weighted by Gasteiger charge is -2.50. The molecule has 0 bridgehead atoms. The molecular weight excluding hydrogens is 296 g/mol. The molecule has 24 heavy (non-hydrogen) atoms. The average Bonchev–Trinajstić information content (AvgIpc) is 2.74. The Balaban J connectivity index is 1.58. The fourth-order valence-corrected chi connectivity index (χ4v) is 4.52. The molecule has 1 unspecified atom stereocenters. The summed E-state index contributed by atoms with van der Waals surface area (Å²) in [6.45, 7) is 13.6. The summed E-state index contributed by atoms with van der Waals surface area (Å²) in [5.41, 5.74) is 1.50. The van der Waals surface area contributed by atoms with Gasteiger partial charge >= 0.3 is 0 Å². The minimum absolute atomic E-state index is 0.0204. The molecule has 2 aliphatic rings. The fraction of sp³-hybridized carbons (Fsp3) is 0.714. The molecule has 2 fully saturated rings. The van der Waals surface area contributed by atoms with E-state index < -0.39 is 0 Å². The molecule has 134 valence electrons. The van der Waals surface area contributed by atoms with Crippen LogP contribution in [0.25, 0.3) is 0 Å². The average molecular weight is 331 g/mol. The Kier molecular flexibility index (Phi) is 5.63. The lowest BCUT2D eigenvalue weighted by Crippen LogP contribution is -2.59. The normalized spacial score (nSPS) is 28.8. The van der Waals surface area contributed by atoms with Gasteiger partial charge in [0.1, 0.15) is 0 Å². The van der Waals surface area contributed by atoms with Gasteiger partial charge in [-0.1, -0.05) is 37.3 Å². The zero-order valence-corrected chi connectivity index (χ0v) is 15.8. The zero-order valence-electron chi connectivity index (χ0n) is 15.8. The van der Waals surface area contributed by atoms with Gasteiger partial charge in [-0.2, -0.15) is 0 Å². The van der Waals surface area contributed by atoms with Crippen molar-refractivity contribution >= 4 is 0 Å². The van der Waals surface area contributed by atoms with Crippen LogP contribution in [0.1, 0.15) is 45.6 Å². The highest BCUT2D eigenvalue weighted by molar-refractivity contribution is 5.14. The molecule has 2 heterocycles. The topological polar surface area (TPSA) is 15.7 Å². The molecule has 0 saturated carbocycles. The Morgan fingerprint density at radius 2 is 1.79 bits per heavy atom. The predicted octanol–water partition coefficient (Wildman–Crippen LogP) is 3.58. The van der Waals surface area contributed by atoms with Crippen LogP contribution in [0.15, 0.2) is 30.3 Å². The largest absolute Gasteiger partial charge is 0.366 e. The van der Waals surface area contributed by atoms with Crippen molar-refractivity contribution in [1.29, 1.82) is 0 Å². The molecule has 0 radical (unpaired) electrons. The highest BCUT2D eigenvalue weighted by Crippen LogP contribution is 2.36. The molecular formula is C21H34N2O. The van der Waals surface area contributed by atoms with Gasteiger partial charge in [0.05, 0.1) is 11.2 Å². The van der Waals surface area contributed by atoms with Crippen LogP contribution in [-0.4, -0.2) is 60.3 Å². The molecule has 2 aliphatic heterocycles. The van der Waals surface area contributed by atoms with Crippen molar-refractivity contribution in [3.63, 3.8) is 0 Å². The monoisotopic (exact) mass is 330 g/mol. The number of nitrogens with zero attached hydrogens (tertiary/aromatic N) is 2. The third kappa shape index (κ3) is 4.59. The summed E-state index contributed by atoms with van der Waals surface area (Å²) in [5.74, 6) is 0. The summed E-state index contributed by atoms with van der Waals surface area (Å²) in [5, 5.41) is 0. The van der Waals surface area contributed by atoms with Gasteiger partial charge in [-0.05, 0) is 58.2 Å². The number of morpholine rings is 1. The SMILES string of the molecule is CCN1CC(C)(C)OC2(CCCN(CCc3ccccc3)CC2)C1. The molecule has 1 spiro atoms. The number of hydrogen-bond acceptors (Lipinski definition) is 3. The van der Waals surface area contributed by atoms with Crippen molar-refractivity contribution in [2.24, 2.45) is 0 Å². The van der Waals surface area contributed by atoms with E-state index in [1.165, 1.54) is 44.5 Å². The number of benzene rings is 1. The van der Waals surface area contributed by atoms with E-state index in [9.17, 15) is 0 Å². The quantitative estimate of drug-likeness (QED) is 0.839. The molecule has 2 saturated heterocycles. The van der Waals surface area contributed by atoms with Gasteiger partial charge in [0, 0.05) is 26.2 Å². The minimum Gasteiger partial charge on any atom is -0.366 e. The Hall–Kier alpha value is -0.900. The first-order chi connectivity index (χ1) is 11.5. The standard InChI is InChI=1S/C21H34N2O/c1-4-22-17-20(2,3)24-21(18-22)12-8-14-23(16-13-21)15-11-19-9-6-5-7-10-19/h5-7,9-10H,4,8,11-18H2,1-3H3. The smallest absolute Gasteiger partial charge is 0.0829 e. The molecule has 3 rings (SSSR count). The third-order valence-corrected chi connectivity index (χ3v) is 5.61. The number of rotatable bonds is 4. The molecule has 3 nitrogen and oxygen atoms in total. The first-order valence-corrected chi connectivity index (χ1v) is 9.69. The van der Waals surface area contributed by atoms with Gasteiger partial charge < -0.3 is 9.64 Å². The molecule has 1 aromatic carbocycles. The van der Waals surface area contributed by atoms with Crippen LogP contribution in [0, 0.1) is 0 Å². The number of ether oxygens (including phenoxy) is 1. The molecule has 3 heteroatoms. The minimum atomic E-state index is -0.0204. The van der Waals surface area contributed by atoms with Crippen LogP contribution in [0.3, 0.4) is 0 Å². The Bertz CT molecular complexity index is 516. The van der Waals surface area contributed by atoms with E-state index in [1.54, 1.807) is 0 Å². The molecule has 0 aromatic heterocycles. The lowest BCUT2D eigenvalue weighted by atomic mass is 9.89. The van der Waals surface area contributed by atoms with Gasteiger partial charge in [0.2, 0.25) is 0 Å². The van der Waals surface area contributed by atoms with Crippen molar-refractivity contribution in [3.8, 4) is 0 Å². The summed E-state index contributed by atoms with van der Waals surface area (Å²) in [6, 6.07) is 10.9. The van der Waals surface area contributed by atoms with Gasteiger partial charge in [-0.15, -0.1) is 0 Å². The van der Waals surface area contributed by atoms with Crippen LogP contribution in [0.5, 0.6) is 0 Å². The maximum atomic E-state index is 6.66. The van der Waals surface area contributed by atoms with Crippen molar-refractivity contribution < 1.29 is 4.74 Å². The summed E-state index contributed by atoms with van der Waals surface area (Å²) in [7, 11) is 0. The first kappa shape index (κ1) is 17.9. The zero-order chi connectivity index (χ0) is 17.0. The van der Waals surface area contributed by atoms with E-state index in [-0.39, 0.29) is 11.2 Å². The lowest BCUT2D eigenvalue weighted by molar-refractivity contribution is -0.200. The summed E-state index contributed by atoms with van der Waals surface area (Å²) in [4.78, 5) is 5.23. The van der Waals surface area contributed by atoms with E-state index >= 15 is 0 Å². The Labute approximate surface area is 148 Å². The van der Waals surface area contributed by atoms with Crippen molar-refractivity contribution in [2.75, 3.05) is 39.3 Å². The van der Waals surface area contributed by atoms with Crippen LogP contribution in [0.2, 0.25) is 0 Å². The van der Waals surface area contributed by atoms with Crippen molar-refractivity contribution in [2.45, 2.75) is 57.7 Å². The van der Waals surface area contributed by atoms with Gasteiger partial charge in [0.25, 0.3) is 0 Å². The van der Waals surface area contributed by atoms with Crippen LogP contribution in [0.4, 0.5) is 0 Å². The second kappa shape index (κ2) is 7.55. The third-order valence-electron chi connectivity index (χ3n) is 5.61. The van der Waals surface area contributed by atoms with Crippen molar-refractivity contribution in [1.82, 2.24) is 9.80 Å². The highest BCUT2D eigenvalue weighted by Gasteiger charge is 2.44. The first-order valence-electron chi connectivity index (χ1n) is 9.69. The van der Waals surface area contributed by atoms with E-state index in [0.717, 1.165) is 26.1 Å². The fourth-order valence-electron chi connectivity index (χ4n) is 4.52. The number of hydrogen-bond donors (Lipinski definition) is 0. The molecule has 0 aliphatic carbocycles. The molecule has 0 amide bonds. The van der Waals surface area contributed by atoms with Crippen LogP contribution >= 0.6 is 0 Å². The van der Waals surface area contributed by atoms with Crippen molar-refractivity contribution in [3.05, 3.63) is 35.9 Å². The molecule has 0 N–H and O–H groups in total. The predicted molar refractivity (Wildman–Crippen MR) is 100 cm³/mol. The maximum Gasteiger partial charge on any atom is 0.0829 e. The highest BCUT2D eigenvalue weighted by atomic mass is 16.5. The van der Waals surface area contributed by atoms with Gasteiger partial charge in [0.15, 0.2) is 0 Å². The van der Waals surface area contributed by atoms with E-state index in [0.29, 0.717) is 0 Å². The van der Waals surface area contributed by atoms with Gasteiger partial charge in [-0.25, -0.2) is 0 Å². The summed E-state index contributed by atoms with van der Waals surface area (Å²) >= 11 is 0. The van der Waals surface area contributed by atoms with E-state index in [4.69, 9.17) is 4.74 Å². The second-order valence-electron chi connectivity index (χ2n) is 8.28. The summed E-state index contributed by atoms with van der Waals surface area (Å²) < 4.78 is 6.66. The Morgan fingerprint density at radius 1 is 1.00 bits per heavy atom. The Morgan fingerprint density at radius 3 is 2.54 bits per heavy atom. The molecule has 1 atom stereocenters. The van der Waals surface area contributed by atoms with E-state index in [2.05, 4.69) is 60.9 Å². The van der Waals surface area contributed by atoms with Gasteiger partial charge in [-0.3, -0.25) is 4.90 Å². The van der Waals surface area contributed by atoms with Crippen LogP contribution < -0.4 is 0 Å². The second-order valence-corrected chi connectivity index (χ2v) is 8.28. The molecule has 1 aromatic rings. The summed E-state index contributed by atoms with van der Waals surface area (Å²) in [6.07, 6.45) is 4.78. The number of likely N-dealkylation sites (N-methyl/N-ethyl adjacent to an activating group) is 1. The van der Waals surface area contributed by atoms with E-state index in [1.807, 2.05) is 0 Å². The number of likely N-dealkylation sites (tertiary alicyclic amines) is 1. The van der Waals surface area contributed by atoms with Crippen LogP contribution in [-0.2, 0) is 11.2 Å². The maximum absolute atomic E-state index is 6.66.